The molecular formula is C25H20N4O5. The van der Waals surface area contributed by atoms with Crippen LogP contribution in [-0.4, -0.2) is 51.2 Å². The highest BCUT2D eigenvalue weighted by Crippen LogP contribution is 2.47. The fraction of sp³-hybridized carbons (Fsp3) is 0.160. The minimum atomic E-state index is -1.73. The molecule has 5 rings (SSSR count). The van der Waals surface area contributed by atoms with Gasteiger partial charge in [-0.3, -0.25) is 29.4 Å². The van der Waals surface area contributed by atoms with Gasteiger partial charge < -0.3 is 9.47 Å². The lowest BCUT2D eigenvalue weighted by Crippen LogP contribution is -2.63. The Morgan fingerprint density at radius 1 is 0.941 bits per heavy atom. The highest BCUT2D eigenvalue weighted by molar-refractivity contribution is 6.22. The lowest BCUT2D eigenvalue weighted by molar-refractivity contribution is -0.487. The van der Waals surface area contributed by atoms with Crippen molar-refractivity contribution in [2.75, 3.05) is 18.0 Å². The van der Waals surface area contributed by atoms with E-state index in [1.165, 1.54) is 17.0 Å². The van der Waals surface area contributed by atoms with E-state index in [1.807, 2.05) is 0 Å². The van der Waals surface area contributed by atoms with Crippen LogP contribution in [0.4, 0.5) is 5.69 Å². The van der Waals surface area contributed by atoms with E-state index in [2.05, 4.69) is 6.58 Å². The number of rotatable bonds is 7. The molecule has 0 N–H and O–H groups in total. The van der Waals surface area contributed by atoms with Gasteiger partial charge in [0.15, 0.2) is 5.54 Å². The second kappa shape index (κ2) is 7.80. The number of nitro groups is 1. The lowest BCUT2D eigenvalue weighted by Gasteiger charge is -2.39. The van der Waals surface area contributed by atoms with Crippen molar-refractivity contribution in [1.29, 1.82) is 0 Å². The standard InChI is InChI=1S/C25H20N4O5/c1-2-13-27-20-12-6-5-11-19(20)25(24(27)32,26-14-7-8-15-26)21(16-28(33)34)29-22(30)17-9-3-4-10-18(17)23(29)31/h2-12,14-15,21H,1,13,16H2/t21-,25+/m1/s1. The molecule has 0 saturated carbocycles. The molecule has 0 saturated heterocycles. The highest BCUT2D eigenvalue weighted by atomic mass is 16.6. The number of nitrogens with zero attached hydrogens (tertiary/aromatic N) is 4. The number of aromatic nitrogens is 1. The van der Waals surface area contributed by atoms with Gasteiger partial charge in [0, 0.05) is 29.4 Å². The number of amides is 3. The van der Waals surface area contributed by atoms with Crippen molar-refractivity contribution in [3.63, 3.8) is 0 Å². The second-order valence-electron chi connectivity index (χ2n) is 8.14. The van der Waals surface area contributed by atoms with Crippen LogP contribution in [0.15, 0.2) is 85.7 Å². The summed E-state index contributed by atoms with van der Waals surface area (Å²) in [5, 5.41) is 12.0. The van der Waals surface area contributed by atoms with Crippen LogP contribution in [0, 0.1) is 10.1 Å². The van der Waals surface area contributed by atoms with E-state index in [-0.39, 0.29) is 17.7 Å². The van der Waals surface area contributed by atoms with Crippen molar-refractivity contribution in [3.8, 4) is 0 Å². The second-order valence-corrected chi connectivity index (χ2v) is 8.14. The molecule has 9 heteroatoms. The molecule has 0 fully saturated rings. The zero-order valence-corrected chi connectivity index (χ0v) is 18.0. The fourth-order valence-electron chi connectivity index (χ4n) is 5.12. The first-order chi connectivity index (χ1) is 16.4. The van der Waals surface area contributed by atoms with Gasteiger partial charge in [0.25, 0.3) is 17.7 Å². The summed E-state index contributed by atoms with van der Waals surface area (Å²) >= 11 is 0. The fourth-order valence-corrected chi connectivity index (χ4v) is 5.12. The summed E-state index contributed by atoms with van der Waals surface area (Å²) in [6.07, 6.45) is 4.80. The molecule has 0 radical (unpaired) electrons. The Kier molecular flexibility index (Phi) is 4.89. The third-order valence-electron chi connectivity index (χ3n) is 6.44. The van der Waals surface area contributed by atoms with Crippen LogP contribution in [0.1, 0.15) is 26.3 Å². The van der Waals surface area contributed by atoms with Gasteiger partial charge >= 0.3 is 0 Å². The first-order valence-electron chi connectivity index (χ1n) is 10.7. The summed E-state index contributed by atoms with van der Waals surface area (Å²) in [4.78, 5) is 54.9. The number of hydrogen-bond donors (Lipinski definition) is 0. The molecule has 170 valence electrons. The minimum absolute atomic E-state index is 0.158. The molecule has 34 heavy (non-hydrogen) atoms. The number of hydrogen-bond acceptors (Lipinski definition) is 5. The maximum Gasteiger partial charge on any atom is 0.262 e. The van der Waals surface area contributed by atoms with Crippen molar-refractivity contribution in [1.82, 2.24) is 9.47 Å². The Morgan fingerprint density at radius 3 is 2.12 bits per heavy atom. The Hall–Kier alpha value is -4.53. The van der Waals surface area contributed by atoms with Gasteiger partial charge in [0.05, 0.1) is 16.8 Å². The summed E-state index contributed by atoms with van der Waals surface area (Å²) in [6, 6.07) is 15.2. The number of fused-ring (bicyclic) bond motifs is 2. The largest absolute Gasteiger partial charge is 0.334 e. The van der Waals surface area contributed by atoms with E-state index in [1.54, 1.807) is 71.6 Å². The number of carbonyl (C=O) groups is 3. The quantitative estimate of drug-likeness (QED) is 0.235. The topological polar surface area (TPSA) is 106 Å². The van der Waals surface area contributed by atoms with Gasteiger partial charge in [-0.2, -0.15) is 0 Å². The molecule has 2 aliphatic heterocycles. The van der Waals surface area contributed by atoms with Crippen LogP contribution >= 0.6 is 0 Å². The summed E-state index contributed by atoms with van der Waals surface area (Å²) in [6.45, 7) is 3.08. The average molecular weight is 456 g/mol. The smallest absolute Gasteiger partial charge is 0.262 e. The maximum absolute atomic E-state index is 14.2. The molecule has 0 spiro atoms. The molecule has 1 aromatic heterocycles. The third kappa shape index (κ3) is 2.76. The summed E-state index contributed by atoms with van der Waals surface area (Å²) < 4.78 is 1.56. The van der Waals surface area contributed by atoms with E-state index in [4.69, 9.17) is 0 Å². The molecule has 9 nitrogen and oxygen atoms in total. The summed E-state index contributed by atoms with van der Waals surface area (Å²) in [5.74, 6) is -1.80. The minimum Gasteiger partial charge on any atom is -0.334 e. The van der Waals surface area contributed by atoms with Crippen LogP contribution in [-0.2, 0) is 10.3 Å². The van der Waals surface area contributed by atoms with E-state index in [9.17, 15) is 24.5 Å². The summed E-state index contributed by atoms with van der Waals surface area (Å²) in [7, 11) is 0. The number of anilines is 1. The van der Waals surface area contributed by atoms with Crippen LogP contribution < -0.4 is 4.90 Å². The van der Waals surface area contributed by atoms with E-state index in [0.29, 0.717) is 11.3 Å². The number of imide groups is 1. The average Bonchev–Trinajstić information content (AvgIpc) is 3.51. The molecule has 3 aromatic rings. The third-order valence-corrected chi connectivity index (χ3v) is 6.44. The SMILES string of the molecule is C=CCN1C(=O)[C@]([C@@H](C[N+](=O)[O-])N2C(=O)c3ccccc3C2=O)(n2cccc2)c2ccccc21. The van der Waals surface area contributed by atoms with Gasteiger partial charge in [-0.1, -0.05) is 36.4 Å². The van der Waals surface area contributed by atoms with Crippen molar-refractivity contribution < 1.29 is 19.3 Å². The van der Waals surface area contributed by atoms with Crippen LogP contribution in [0.5, 0.6) is 0 Å². The van der Waals surface area contributed by atoms with Crippen LogP contribution in [0.2, 0.25) is 0 Å². The molecule has 0 bridgehead atoms. The molecule has 2 atom stereocenters. The zero-order chi connectivity index (χ0) is 24.0. The molecule has 3 heterocycles. The van der Waals surface area contributed by atoms with Gasteiger partial charge in [0.1, 0.15) is 6.04 Å². The molecule has 2 aliphatic rings. The maximum atomic E-state index is 14.2. The normalized spacial score (nSPS) is 19.8. The predicted molar refractivity (Wildman–Crippen MR) is 123 cm³/mol. The number of carbonyl (C=O) groups excluding carboxylic acids is 3. The zero-order valence-electron chi connectivity index (χ0n) is 18.0. The Labute approximate surface area is 194 Å². The molecule has 0 unspecified atom stereocenters. The van der Waals surface area contributed by atoms with Crippen LogP contribution in [0.3, 0.4) is 0 Å². The van der Waals surface area contributed by atoms with Crippen LogP contribution in [0.25, 0.3) is 0 Å². The summed E-state index contributed by atoms with van der Waals surface area (Å²) in [5.41, 5.74) is -0.397. The molecular weight excluding hydrogens is 436 g/mol. The molecule has 0 aliphatic carbocycles. The predicted octanol–water partition coefficient (Wildman–Crippen LogP) is 2.71. The monoisotopic (exact) mass is 456 g/mol. The molecule has 2 aromatic carbocycles. The van der Waals surface area contributed by atoms with Gasteiger partial charge in [-0.15, -0.1) is 6.58 Å². The van der Waals surface area contributed by atoms with Crippen molar-refractivity contribution in [2.45, 2.75) is 11.6 Å². The van der Waals surface area contributed by atoms with Gasteiger partial charge in [-0.25, -0.2) is 0 Å². The Bertz CT molecular complexity index is 1310. The van der Waals surface area contributed by atoms with Crippen molar-refractivity contribution in [2.24, 2.45) is 0 Å². The Morgan fingerprint density at radius 2 is 1.53 bits per heavy atom. The van der Waals surface area contributed by atoms with Gasteiger partial charge in [0.2, 0.25) is 6.54 Å². The first kappa shape index (κ1) is 21.3. The number of benzene rings is 2. The van der Waals surface area contributed by atoms with E-state index in [0.717, 1.165) is 4.90 Å². The number of para-hydroxylation sites is 1. The van der Waals surface area contributed by atoms with Crippen molar-refractivity contribution in [3.05, 3.63) is 113 Å². The van der Waals surface area contributed by atoms with E-state index >= 15 is 0 Å². The Balaban J connectivity index is 1.81. The van der Waals surface area contributed by atoms with E-state index < -0.39 is 40.8 Å². The van der Waals surface area contributed by atoms with Crippen molar-refractivity contribution >= 4 is 23.4 Å². The van der Waals surface area contributed by atoms with Gasteiger partial charge in [-0.05, 0) is 30.3 Å². The highest BCUT2D eigenvalue weighted by Gasteiger charge is 2.63. The first-order valence-corrected chi connectivity index (χ1v) is 10.7. The molecule has 3 amide bonds. The lowest BCUT2D eigenvalue weighted by atomic mass is 9.82.